The van der Waals surface area contributed by atoms with Gasteiger partial charge in [0.25, 0.3) is 0 Å². The molecule has 0 saturated carbocycles. The SMILES string of the molecule is COC(=O)C1CC(=O)N(c2cc(C)c(Br)c(C)c2Br)C1. The van der Waals surface area contributed by atoms with Crippen LogP contribution in [0.15, 0.2) is 15.0 Å². The number of hydrogen-bond donors (Lipinski definition) is 0. The Morgan fingerprint density at radius 2 is 2.00 bits per heavy atom. The van der Waals surface area contributed by atoms with Gasteiger partial charge in [-0.1, -0.05) is 15.9 Å². The minimum absolute atomic E-state index is 0.0535. The average molecular weight is 405 g/mol. The lowest BCUT2D eigenvalue weighted by molar-refractivity contribution is -0.145. The zero-order valence-corrected chi connectivity index (χ0v) is 14.7. The highest BCUT2D eigenvalue weighted by atomic mass is 79.9. The van der Waals surface area contributed by atoms with Gasteiger partial charge in [-0.25, -0.2) is 0 Å². The fourth-order valence-corrected chi connectivity index (χ4v) is 3.48. The maximum Gasteiger partial charge on any atom is 0.311 e. The molecule has 0 aromatic heterocycles. The van der Waals surface area contributed by atoms with Crippen LogP contribution in [0.25, 0.3) is 0 Å². The van der Waals surface area contributed by atoms with Crippen LogP contribution in [0.2, 0.25) is 0 Å². The van der Waals surface area contributed by atoms with Gasteiger partial charge in [-0.2, -0.15) is 0 Å². The molecule has 0 bridgehead atoms. The molecule has 1 aromatic carbocycles. The molecule has 1 fully saturated rings. The number of methoxy groups -OCH3 is 1. The van der Waals surface area contributed by atoms with Crippen LogP contribution in [0, 0.1) is 19.8 Å². The molecular weight excluding hydrogens is 390 g/mol. The smallest absolute Gasteiger partial charge is 0.311 e. The summed E-state index contributed by atoms with van der Waals surface area (Å²) in [7, 11) is 1.35. The Bertz CT molecular complexity index is 586. The molecule has 4 nitrogen and oxygen atoms in total. The van der Waals surface area contributed by atoms with Crippen molar-refractivity contribution in [2.75, 3.05) is 18.6 Å². The van der Waals surface area contributed by atoms with Crippen LogP contribution in [0.5, 0.6) is 0 Å². The monoisotopic (exact) mass is 403 g/mol. The first-order valence-corrected chi connectivity index (χ1v) is 7.78. The Hall–Kier alpha value is -0.880. The maximum atomic E-state index is 12.2. The third-order valence-electron chi connectivity index (χ3n) is 3.53. The molecule has 0 radical (unpaired) electrons. The molecule has 0 spiro atoms. The van der Waals surface area contributed by atoms with E-state index in [2.05, 4.69) is 31.9 Å². The number of amides is 1. The molecule has 1 atom stereocenters. The second-order valence-corrected chi connectivity index (χ2v) is 6.48. The van der Waals surface area contributed by atoms with Crippen LogP contribution < -0.4 is 4.90 Å². The molecule has 6 heteroatoms. The zero-order valence-electron chi connectivity index (χ0n) is 11.5. The highest BCUT2D eigenvalue weighted by molar-refractivity contribution is 9.11. The Labute approximate surface area is 134 Å². The number of ether oxygens (including phenoxy) is 1. The van der Waals surface area contributed by atoms with E-state index in [1.54, 1.807) is 4.90 Å². The molecular formula is C14H15Br2NO3. The molecule has 20 heavy (non-hydrogen) atoms. The fraction of sp³-hybridized carbons (Fsp3) is 0.429. The van der Waals surface area contributed by atoms with E-state index < -0.39 is 0 Å². The summed E-state index contributed by atoms with van der Waals surface area (Å²) in [5, 5.41) is 0. The van der Waals surface area contributed by atoms with E-state index in [9.17, 15) is 9.59 Å². The second-order valence-electron chi connectivity index (χ2n) is 4.89. The van der Waals surface area contributed by atoms with Gasteiger partial charge in [0.1, 0.15) is 0 Å². The number of carbonyl (C=O) groups is 2. The van der Waals surface area contributed by atoms with Crippen molar-refractivity contribution < 1.29 is 14.3 Å². The minimum Gasteiger partial charge on any atom is -0.469 e. The normalized spacial score (nSPS) is 18.6. The van der Waals surface area contributed by atoms with Crippen LogP contribution in [0.3, 0.4) is 0 Å². The number of esters is 1. The van der Waals surface area contributed by atoms with Crippen molar-refractivity contribution >= 4 is 49.4 Å². The van der Waals surface area contributed by atoms with Gasteiger partial charge in [0.2, 0.25) is 5.91 Å². The van der Waals surface area contributed by atoms with Crippen LogP contribution in [-0.4, -0.2) is 25.5 Å². The van der Waals surface area contributed by atoms with Crippen LogP contribution in [0.1, 0.15) is 17.5 Å². The van der Waals surface area contributed by atoms with Gasteiger partial charge in [-0.05, 0) is 47.0 Å². The lowest BCUT2D eigenvalue weighted by Gasteiger charge is -2.21. The fourth-order valence-electron chi connectivity index (χ4n) is 2.38. The van der Waals surface area contributed by atoms with Crippen molar-refractivity contribution in [1.82, 2.24) is 0 Å². The first kappa shape index (κ1) is 15.5. The summed E-state index contributed by atoms with van der Waals surface area (Å²) in [5.41, 5.74) is 2.89. The molecule has 1 saturated heterocycles. The topological polar surface area (TPSA) is 46.6 Å². The van der Waals surface area contributed by atoms with E-state index in [0.29, 0.717) is 6.54 Å². The number of rotatable bonds is 2. The van der Waals surface area contributed by atoms with E-state index in [1.165, 1.54) is 7.11 Å². The zero-order chi connectivity index (χ0) is 15.0. The minimum atomic E-state index is -0.386. The third kappa shape index (κ3) is 2.63. The quantitative estimate of drug-likeness (QED) is 0.710. The highest BCUT2D eigenvalue weighted by Gasteiger charge is 2.36. The molecule has 0 N–H and O–H groups in total. The standard InChI is InChI=1S/C14H15Br2NO3/c1-7-4-10(13(16)8(2)12(7)15)17-6-9(5-11(17)18)14(19)20-3/h4,9H,5-6H2,1-3H3. The Morgan fingerprint density at radius 3 is 2.60 bits per heavy atom. The summed E-state index contributed by atoms with van der Waals surface area (Å²) in [4.78, 5) is 25.4. The number of benzene rings is 1. The van der Waals surface area contributed by atoms with Crippen molar-refractivity contribution in [2.24, 2.45) is 5.92 Å². The predicted octanol–water partition coefficient (Wildman–Crippen LogP) is 3.35. The molecule has 1 amide bonds. The first-order valence-electron chi connectivity index (χ1n) is 6.20. The molecule has 1 aliphatic rings. The van der Waals surface area contributed by atoms with Gasteiger partial charge in [-0.3, -0.25) is 9.59 Å². The summed E-state index contributed by atoms with van der Waals surface area (Å²) in [6.07, 6.45) is 0.202. The molecule has 1 unspecified atom stereocenters. The molecule has 1 heterocycles. The number of aryl methyl sites for hydroxylation is 1. The largest absolute Gasteiger partial charge is 0.469 e. The van der Waals surface area contributed by atoms with Gasteiger partial charge in [0, 0.05) is 21.9 Å². The van der Waals surface area contributed by atoms with Crippen molar-refractivity contribution in [2.45, 2.75) is 20.3 Å². The predicted molar refractivity (Wildman–Crippen MR) is 83.8 cm³/mol. The number of nitrogens with zero attached hydrogens (tertiary/aromatic N) is 1. The second kappa shape index (κ2) is 5.85. The Kier molecular flexibility index (Phi) is 4.54. The Morgan fingerprint density at radius 1 is 1.35 bits per heavy atom. The van der Waals surface area contributed by atoms with Crippen LogP contribution in [-0.2, 0) is 14.3 Å². The summed E-state index contributed by atoms with van der Waals surface area (Å²) in [6, 6.07) is 1.94. The Balaban J connectivity index is 2.38. The number of anilines is 1. The van der Waals surface area contributed by atoms with Crippen molar-refractivity contribution in [3.05, 3.63) is 26.1 Å². The van der Waals surface area contributed by atoms with Crippen molar-refractivity contribution in [1.29, 1.82) is 0 Å². The van der Waals surface area contributed by atoms with Gasteiger partial charge < -0.3 is 9.64 Å². The first-order chi connectivity index (χ1) is 9.36. The summed E-state index contributed by atoms with van der Waals surface area (Å²) < 4.78 is 6.61. The molecule has 1 aromatic rings. The third-order valence-corrected chi connectivity index (χ3v) is 5.75. The van der Waals surface area contributed by atoms with Gasteiger partial charge >= 0.3 is 5.97 Å². The van der Waals surface area contributed by atoms with E-state index in [-0.39, 0.29) is 24.2 Å². The van der Waals surface area contributed by atoms with Gasteiger partial charge in [0.15, 0.2) is 0 Å². The maximum absolute atomic E-state index is 12.2. The lowest BCUT2D eigenvalue weighted by atomic mass is 10.1. The van der Waals surface area contributed by atoms with Crippen LogP contribution >= 0.6 is 31.9 Å². The number of hydrogen-bond acceptors (Lipinski definition) is 3. The molecule has 0 aliphatic carbocycles. The van der Waals surface area contributed by atoms with E-state index in [4.69, 9.17) is 4.74 Å². The number of carbonyl (C=O) groups excluding carboxylic acids is 2. The van der Waals surface area contributed by atoms with Gasteiger partial charge in [0.05, 0.1) is 18.7 Å². The molecule has 2 rings (SSSR count). The summed E-state index contributed by atoms with van der Waals surface area (Å²) in [6.45, 7) is 4.32. The molecule has 1 aliphatic heterocycles. The average Bonchev–Trinajstić information content (AvgIpc) is 2.81. The summed E-state index contributed by atoms with van der Waals surface area (Å²) in [5.74, 6) is -0.770. The lowest BCUT2D eigenvalue weighted by Crippen LogP contribution is -2.26. The van der Waals surface area contributed by atoms with E-state index >= 15 is 0 Å². The van der Waals surface area contributed by atoms with Crippen LogP contribution in [0.4, 0.5) is 5.69 Å². The van der Waals surface area contributed by atoms with E-state index in [1.807, 2.05) is 19.9 Å². The number of halogens is 2. The highest BCUT2D eigenvalue weighted by Crippen LogP contribution is 2.38. The van der Waals surface area contributed by atoms with Crippen molar-refractivity contribution in [3.63, 3.8) is 0 Å². The van der Waals surface area contributed by atoms with E-state index in [0.717, 1.165) is 25.8 Å². The van der Waals surface area contributed by atoms with Gasteiger partial charge in [-0.15, -0.1) is 0 Å². The summed E-state index contributed by atoms with van der Waals surface area (Å²) >= 11 is 7.06. The van der Waals surface area contributed by atoms with Crippen molar-refractivity contribution in [3.8, 4) is 0 Å². The molecule has 108 valence electrons.